The minimum Gasteiger partial charge on any atom is -0.454 e. The number of methoxy groups -OCH3 is 1. The van der Waals surface area contributed by atoms with Gasteiger partial charge in [-0.3, -0.25) is 0 Å². The summed E-state index contributed by atoms with van der Waals surface area (Å²) in [4.78, 5) is 25.1. The Morgan fingerprint density at radius 3 is 2.63 bits per heavy atom. The summed E-state index contributed by atoms with van der Waals surface area (Å²) in [5, 5.41) is 10.6. The number of ether oxygens (including phenoxy) is 3. The average Bonchev–Trinajstić information content (AvgIpc) is 2.90. The molecule has 0 bridgehead atoms. The maximum atomic E-state index is 12.7. The minimum atomic E-state index is -1.19. The predicted molar refractivity (Wildman–Crippen MR) is 98.5 cm³/mol. The molecule has 3 rings (SSSR count). The molecular formula is C21H30O6. The van der Waals surface area contributed by atoms with Gasteiger partial charge in [0.15, 0.2) is 0 Å². The van der Waals surface area contributed by atoms with Crippen LogP contribution in [0.4, 0.5) is 0 Å². The fourth-order valence-electron chi connectivity index (χ4n) is 5.09. The standard InChI is InChI=1S/C21H30O6/c1-7-11(2)18(23)26-17-16-12(3)19(24)27-21(16,25-6)10-14-8-9-15(22)13(4)20(14,17)5/h7,13-15,17,22H,8-10H2,1-6H3/b11-7-/t13-,14+,15-,17+,20-,21-/m0/s1. The molecule has 2 fully saturated rings. The maximum absolute atomic E-state index is 12.7. The van der Waals surface area contributed by atoms with Gasteiger partial charge < -0.3 is 19.3 Å². The topological polar surface area (TPSA) is 82.1 Å². The number of rotatable bonds is 3. The van der Waals surface area contributed by atoms with Crippen molar-refractivity contribution in [2.45, 2.75) is 71.9 Å². The molecule has 0 aromatic carbocycles. The van der Waals surface area contributed by atoms with E-state index in [4.69, 9.17) is 14.2 Å². The van der Waals surface area contributed by atoms with Crippen LogP contribution in [0, 0.1) is 17.3 Å². The molecule has 0 aromatic rings. The third kappa shape index (κ3) is 2.76. The molecule has 150 valence electrons. The molecule has 27 heavy (non-hydrogen) atoms. The zero-order chi connectivity index (χ0) is 20.1. The van der Waals surface area contributed by atoms with E-state index in [9.17, 15) is 14.7 Å². The Bertz CT molecular complexity index is 722. The molecule has 0 aromatic heterocycles. The number of aliphatic hydroxyl groups is 1. The summed E-state index contributed by atoms with van der Waals surface area (Å²) in [7, 11) is 1.52. The second-order valence-electron chi connectivity index (χ2n) is 8.34. The van der Waals surface area contributed by atoms with E-state index >= 15 is 0 Å². The van der Waals surface area contributed by atoms with Gasteiger partial charge in [-0.15, -0.1) is 0 Å². The summed E-state index contributed by atoms with van der Waals surface area (Å²) in [6, 6.07) is 0. The normalized spacial score (nSPS) is 41.7. The Morgan fingerprint density at radius 2 is 2.04 bits per heavy atom. The van der Waals surface area contributed by atoms with Crippen LogP contribution in [0.3, 0.4) is 0 Å². The smallest absolute Gasteiger partial charge is 0.336 e. The summed E-state index contributed by atoms with van der Waals surface area (Å²) in [5.41, 5.74) is 0.997. The second-order valence-corrected chi connectivity index (χ2v) is 8.34. The van der Waals surface area contributed by atoms with Crippen LogP contribution in [-0.2, 0) is 23.8 Å². The van der Waals surface area contributed by atoms with Gasteiger partial charge >= 0.3 is 11.9 Å². The predicted octanol–water partition coefficient (Wildman–Crippen LogP) is 2.90. The van der Waals surface area contributed by atoms with Gasteiger partial charge in [0.1, 0.15) is 6.10 Å². The Balaban J connectivity index is 2.16. The molecule has 3 aliphatic rings. The molecule has 2 aliphatic carbocycles. The maximum Gasteiger partial charge on any atom is 0.336 e. The fraction of sp³-hybridized carbons (Fsp3) is 0.714. The van der Waals surface area contributed by atoms with E-state index in [2.05, 4.69) is 6.92 Å². The van der Waals surface area contributed by atoms with Gasteiger partial charge in [0.2, 0.25) is 5.79 Å². The lowest BCUT2D eigenvalue weighted by molar-refractivity contribution is -0.242. The largest absolute Gasteiger partial charge is 0.454 e. The second kappa shape index (κ2) is 6.74. The Labute approximate surface area is 160 Å². The molecule has 6 heteroatoms. The lowest BCUT2D eigenvalue weighted by atomic mass is 9.51. The summed E-state index contributed by atoms with van der Waals surface area (Å²) < 4.78 is 17.4. The van der Waals surface area contributed by atoms with Gasteiger partial charge in [0, 0.05) is 30.1 Å². The molecule has 1 N–H and O–H groups in total. The number of aliphatic hydroxyl groups excluding tert-OH is 1. The fourth-order valence-corrected chi connectivity index (χ4v) is 5.09. The molecule has 0 unspecified atom stereocenters. The third-order valence-corrected chi connectivity index (χ3v) is 7.28. The van der Waals surface area contributed by atoms with Crippen molar-refractivity contribution in [2.24, 2.45) is 17.3 Å². The van der Waals surface area contributed by atoms with Gasteiger partial charge in [-0.25, -0.2) is 9.59 Å². The van der Waals surface area contributed by atoms with Crippen molar-refractivity contribution in [1.82, 2.24) is 0 Å². The number of carbonyl (C=O) groups is 2. The van der Waals surface area contributed by atoms with E-state index in [-0.39, 0.29) is 11.8 Å². The van der Waals surface area contributed by atoms with Gasteiger partial charge in [-0.05, 0) is 45.4 Å². The molecule has 0 amide bonds. The summed E-state index contributed by atoms with van der Waals surface area (Å²) in [6.07, 6.45) is 2.45. The summed E-state index contributed by atoms with van der Waals surface area (Å²) in [6.45, 7) is 9.21. The number of allylic oxidation sites excluding steroid dienone is 1. The van der Waals surface area contributed by atoms with Crippen molar-refractivity contribution in [3.8, 4) is 0 Å². The molecule has 0 radical (unpaired) electrons. The van der Waals surface area contributed by atoms with Crippen molar-refractivity contribution in [3.05, 3.63) is 22.8 Å². The van der Waals surface area contributed by atoms with E-state index in [0.29, 0.717) is 29.6 Å². The number of hydrogen-bond donors (Lipinski definition) is 1. The molecule has 0 spiro atoms. The first kappa shape index (κ1) is 20.1. The quantitative estimate of drug-likeness (QED) is 0.601. The van der Waals surface area contributed by atoms with Crippen LogP contribution >= 0.6 is 0 Å². The van der Waals surface area contributed by atoms with Crippen molar-refractivity contribution < 1.29 is 28.9 Å². The average molecular weight is 378 g/mol. The lowest BCUT2D eigenvalue weighted by Crippen LogP contribution is -2.62. The first-order chi connectivity index (χ1) is 12.6. The van der Waals surface area contributed by atoms with Crippen LogP contribution in [0.2, 0.25) is 0 Å². The lowest BCUT2D eigenvalue weighted by Gasteiger charge is -2.58. The van der Waals surface area contributed by atoms with Crippen molar-refractivity contribution in [2.75, 3.05) is 7.11 Å². The highest BCUT2D eigenvalue weighted by Crippen LogP contribution is 2.61. The number of esters is 2. The van der Waals surface area contributed by atoms with E-state index < -0.39 is 35.3 Å². The van der Waals surface area contributed by atoms with E-state index in [1.54, 1.807) is 26.8 Å². The van der Waals surface area contributed by atoms with E-state index in [1.807, 2.05) is 6.92 Å². The van der Waals surface area contributed by atoms with Gasteiger partial charge in [-0.1, -0.05) is 19.9 Å². The first-order valence-electron chi connectivity index (χ1n) is 9.64. The number of carbonyl (C=O) groups excluding carboxylic acids is 2. The Morgan fingerprint density at radius 1 is 1.37 bits per heavy atom. The van der Waals surface area contributed by atoms with E-state index in [1.165, 1.54) is 7.11 Å². The molecule has 6 atom stereocenters. The third-order valence-electron chi connectivity index (χ3n) is 7.28. The van der Waals surface area contributed by atoms with Crippen LogP contribution in [0.15, 0.2) is 22.8 Å². The molecule has 2 saturated carbocycles. The molecule has 0 saturated heterocycles. The summed E-state index contributed by atoms with van der Waals surface area (Å²) in [5.74, 6) is -2.08. The zero-order valence-corrected chi connectivity index (χ0v) is 17.0. The molecule has 1 aliphatic heterocycles. The zero-order valence-electron chi connectivity index (χ0n) is 17.0. The van der Waals surface area contributed by atoms with Crippen LogP contribution in [0.1, 0.15) is 53.9 Å². The van der Waals surface area contributed by atoms with Gasteiger partial charge in [0.05, 0.1) is 11.7 Å². The van der Waals surface area contributed by atoms with Gasteiger partial charge in [-0.2, -0.15) is 0 Å². The SMILES string of the molecule is C/C=C(/C)C(=O)O[C@@H]1C2=C(C)C(=O)O[C@@]2(OC)C[C@H]2CC[C@H](O)[C@H](C)[C@@]21C. The van der Waals surface area contributed by atoms with Crippen LogP contribution in [0.5, 0.6) is 0 Å². The number of hydrogen-bond acceptors (Lipinski definition) is 6. The number of fused-ring (bicyclic) bond motifs is 2. The highest BCUT2D eigenvalue weighted by molar-refractivity contribution is 5.93. The highest BCUT2D eigenvalue weighted by atomic mass is 16.7. The van der Waals surface area contributed by atoms with Crippen LogP contribution in [0.25, 0.3) is 0 Å². The monoisotopic (exact) mass is 378 g/mol. The molecular weight excluding hydrogens is 348 g/mol. The van der Waals surface area contributed by atoms with Crippen molar-refractivity contribution in [1.29, 1.82) is 0 Å². The van der Waals surface area contributed by atoms with Crippen LogP contribution < -0.4 is 0 Å². The van der Waals surface area contributed by atoms with Crippen molar-refractivity contribution >= 4 is 11.9 Å². The molecule has 6 nitrogen and oxygen atoms in total. The highest BCUT2D eigenvalue weighted by Gasteiger charge is 2.66. The summed E-state index contributed by atoms with van der Waals surface area (Å²) >= 11 is 0. The Hall–Kier alpha value is -1.66. The Kier molecular flexibility index (Phi) is 5.02. The van der Waals surface area contributed by atoms with Gasteiger partial charge in [0.25, 0.3) is 0 Å². The van der Waals surface area contributed by atoms with E-state index in [0.717, 1.165) is 6.42 Å². The first-order valence-corrected chi connectivity index (χ1v) is 9.64. The van der Waals surface area contributed by atoms with Crippen LogP contribution in [-0.4, -0.2) is 42.1 Å². The minimum absolute atomic E-state index is 0.0852. The van der Waals surface area contributed by atoms with Crippen molar-refractivity contribution in [3.63, 3.8) is 0 Å². The molecule has 1 heterocycles.